The van der Waals surface area contributed by atoms with Crippen molar-refractivity contribution in [3.05, 3.63) is 0 Å². The molecule has 0 aliphatic carbocycles. The lowest BCUT2D eigenvalue weighted by Crippen LogP contribution is -2.61. The Morgan fingerprint density at radius 2 is 2.27 bits per heavy atom. The Hall–Kier alpha value is -0.910. The first-order chi connectivity index (χ1) is 7.07. The van der Waals surface area contributed by atoms with Gasteiger partial charge in [0.15, 0.2) is 0 Å². The van der Waals surface area contributed by atoms with E-state index in [1.54, 1.807) is 0 Å². The average molecular weight is 220 g/mol. The minimum absolute atomic E-state index is 0.0516. The maximum Gasteiger partial charge on any atom is 0.317 e. The highest BCUT2D eigenvalue weighted by atomic mass is 19.3. The fraction of sp³-hybridized carbons (Fsp3) is 0.889. The van der Waals surface area contributed by atoms with E-state index in [1.807, 2.05) is 0 Å². The minimum atomic E-state index is -2.69. The third-order valence-electron chi connectivity index (χ3n) is 2.64. The van der Waals surface area contributed by atoms with Crippen molar-refractivity contribution in [1.29, 1.82) is 0 Å². The van der Waals surface area contributed by atoms with Gasteiger partial charge in [-0.1, -0.05) is 0 Å². The third kappa shape index (κ3) is 2.56. The van der Waals surface area contributed by atoms with Gasteiger partial charge in [0, 0.05) is 13.2 Å². The number of nitrogens with one attached hydrogen (secondary N) is 1. The molecule has 2 amide bonds. The van der Waals surface area contributed by atoms with E-state index in [1.165, 1.54) is 0 Å². The van der Waals surface area contributed by atoms with E-state index in [2.05, 4.69) is 5.32 Å². The predicted octanol–water partition coefficient (Wildman–Crippen LogP) is 0.826. The summed E-state index contributed by atoms with van der Waals surface area (Å²) in [6.45, 7) is 0.206. The van der Waals surface area contributed by atoms with Gasteiger partial charge in [0.05, 0.1) is 19.2 Å². The molecule has 2 heterocycles. The summed E-state index contributed by atoms with van der Waals surface area (Å²) in [5, 5.41) is 2.59. The number of likely N-dealkylation sites (tertiary alicyclic amines) is 1. The number of rotatable bonds is 2. The number of carbonyl (C=O) groups excluding carboxylic acids is 1. The molecule has 0 radical (unpaired) electrons. The standard InChI is InChI=1S/C9H14F2N2O2/c10-9(11)5-13(6-9)8(14)12-4-7-2-1-3-15-7/h7H,1-6H2,(H,12,14). The molecule has 1 N–H and O–H groups in total. The summed E-state index contributed by atoms with van der Waals surface area (Å²) in [5.41, 5.74) is 0. The van der Waals surface area contributed by atoms with Crippen LogP contribution in [0, 0.1) is 0 Å². The van der Waals surface area contributed by atoms with Gasteiger partial charge in [0.2, 0.25) is 0 Å². The van der Waals surface area contributed by atoms with Crippen LogP contribution in [-0.4, -0.2) is 49.2 Å². The zero-order valence-electron chi connectivity index (χ0n) is 8.34. The van der Waals surface area contributed by atoms with Crippen LogP contribution in [0.1, 0.15) is 12.8 Å². The number of hydrogen-bond donors (Lipinski definition) is 1. The molecule has 0 aromatic carbocycles. The summed E-state index contributed by atoms with van der Waals surface area (Å²) in [4.78, 5) is 12.4. The quantitative estimate of drug-likeness (QED) is 0.748. The van der Waals surface area contributed by atoms with E-state index >= 15 is 0 Å². The molecule has 2 saturated heterocycles. The Labute approximate surface area is 86.6 Å². The van der Waals surface area contributed by atoms with Gasteiger partial charge in [-0.2, -0.15) is 0 Å². The highest BCUT2D eigenvalue weighted by Gasteiger charge is 2.46. The van der Waals surface area contributed by atoms with Crippen molar-refractivity contribution in [2.75, 3.05) is 26.2 Å². The van der Waals surface area contributed by atoms with Gasteiger partial charge < -0.3 is 15.0 Å². The molecular weight excluding hydrogens is 206 g/mol. The molecule has 0 saturated carbocycles. The Kier molecular flexibility index (Phi) is 2.77. The van der Waals surface area contributed by atoms with Gasteiger partial charge in [-0.15, -0.1) is 0 Å². The fourth-order valence-corrected chi connectivity index (χ4v) is 1.77. The molecule has 0 bridgehead atoms. The highest BCUT2D eigenvalue weighted by Crippen LogP contribution is 2.26. The van der Waals surface area contributed by atoms with Crippen molar-refractivity contribution < 1.29 is 18.3 Å². The second-order valence-corrected chi connectivity index (χ2v) is 4.03. The number of amides is 2. The monoisotopic (exact) mass is 220 g/mol. The molecule has 1 unspecified atom stereocenters. The van der Waals surface area contributed by atoms with Crippen molar-refractivity contribution in [2.45, 2.75) is 24.9 Å². The van der Waals surface area contributed by atoms with Gasteiger partial charge in [-0.05, 0) is 12.8 Å². The SMILES string of the molecule is O=C(NCC1CCCO1)N1CC(F)(F)C1. The van der Waals surface area contributed by atoms with Crippen molar-refractivity contribution in [2.24, 2.45) is 0 Å². The normalized spacial score (nSPS) is 28.7. The minimum Gasteiger partial charge on any atom is -0.376 e. The van der Waals surface area contributed by atoms with Crippen LogP contribution in [0.4, 0.5) is 13.6 Å². The number of hydrogen-bond acceptors (Lipinski definition) is 2. The van der Waals surface area contributed by atoms with Gasteiger partial charge in [0.25, 0.3) is 5.92 Å². The van der Waals surface area contributed by atoms with Crippen LogP contribution < -0.4 is 5.32 Å². The van der Waals surface area contributed by atoms with Crippen molar-refractivity contribution in [3.63, 3.8) is 0 Å². The molecule has 2 aliphatic rings. The van der Waals surface area contributed by atoms with Gasteiger partial charge in [-0.25, -0.2) is 13.6 Å². The van der Waals surface area contributed by atoms with Gasteiger partial charge in [-0.3, -0.25) is 0 Å². The topological polar surface area (TPSA) is 41.6 Å². The second kappa shape index (κ2) is 3.92. The lowest BCUT2D eigenvalue weighted by atomic mass is 10.2. The van der Waals surface area contributed by atoms with Crippen LogP contribution in [-0.2, 0) is 4.74 Å². The zero-order valence-corrected chi connectivity index (χ0v) is 8.34. The molecule has 2 aliphatic heterocycles. The first-order valence-corrected chi connectivity index (χ1v) is 5.09. The first kappa shape index (κ1) is 10.6. The Morgan fingerprint density at radius 1 is 1.53 bits per heavy atom. The molecule has 2 rings (SSSR count). The molecule has 6 heteroatoms. The molecule has 0 spiro atoms. The van der Waals surface area contributed by atoms with E-state index in [9.17, 15) is 13.6 Å². The summed E-state index contributed by atoms with van der Waals surface area (Å²) < 4.78 is 30.2. The lowest BCUT2D eigenvalue weighted by Gasteiger charge is -2.38. The number of ether oxygens (including phenoxy) is 1. The third-order valence-corrected chi connectivity index (χ3v) is 2.64. The maximum atomic E-state index is 12.4. The van der Waals surface area contributed by atoms with Crippen LogP contribution in [0.15, 0.2) is 0 Å². The average Bonchev–Trinajstić information content (AvgIpc) is 2.62. The second-order valence-electron chi connectivity index (χ2n) is 4.03. The summed E-state index contributed by atoms with van der Waals surface area (Å²) >= 11 is 0. The van der Waals surface area contributed by atoms with Crippen LogP contribution >= 0.6 is 0 Å². The summed E-state index contributed by atoms with van der Waals surface area (Å²) in [6, 6.07) is -0.420. The van der Waals surface area contributed by atoms with E-state index in [4.69, 9.17) is 4.74 Å². The van der Waals surface area contributed by atoms with E-state index in [0.29, 0.717) is 6.54 Å². The molecule has 4 nitrogen and oxygen atoms in total. The van der Waals surface area contributed by atoms with Gasteiger partial charge in [0.1, 0.15) is 0 Å². The molecule has 1 atom stereocenters. The highest BCUT2D eigenvalue weighted by molar-refractivity contribution is 5.75. The molecule has 15 heavy (non-hydrogen) atoms. The largest absolute Gasteiger partial charge is 0.376 e. The maximum absolute atomic E-state index is 12.4. The molecule has 86 valence electrons. The van der Waals surface area contributed by atoms with Crippen molar-refractivity contribution >= 4 is 6.03 Å². The van der Waals surface area contributed by atoms with Gasteiger partial charge >= 0.3 is 6.03 Å². The summed E-state index contributed by atoms with van der Waals surface area (Å²) in [5.74, 6) is -2.69. The Morgan fingerprint density at radius 3 is 2.80 bits per heavy atom. The summed E-state index contributed by atoms with van der Waals surface area (Å²) in [7, 11) is 0. The smallest absolute Gasteiger partial charge is 0.317 e. The number of halogens is 2. The molecular formula is C9H14F2N2O2. The summed E-state index contributed by atoms with van der Waals surface area (Å²) in [6.07, 6.45) is 1.98. The Balaban J connectivity index is 1.65. The van der Waals surface area contributed by atoms with Crippen LogP contribution in [0.25, 0.3) is 0 Å². The number of carbonyl (C=O) groups is 1. The first-order valence-electron chi connectivity index (χ1n) is 5.09. The zero-order chi connectivity index (χ0) is 10.9. The van der Waals surface area contributed by atoms with Crippen molar-refractivity contribution in [3.8, 4) is 0 Å². The van der Waals surface area contributed by atoms with Crippen LogP contribution in [0.2, 0.25) is 0 Å². The fourth-order valence-electron chi connectivity index (χ4n) is 1.77. The number of nitrogens with zero attached hydrogens (tertiary/aromatic N) is 1. The van der Waals surface area contributed by atoms with Crippen molar-refractivity contribution in [1.82, 2.24) is 10.2 Å². The van der Waals surface area contributed by atoms with E-state index in [-0.39, 0.29) is 6.10 Å². The number of alkyl halides is 2. The Bertz CT molecular complexity index is 246. The van der Waals surface area contributed by atoms with E-state index < -0.39 is 25.0 Å². The van der Waals surface area contributed by atoms with E-state index in [0.717, 1.165) is 24.3 Å². The molecule has 0 aromatic rings. The number of urea groups is 1. The lowest BCUT2D eigenvalue weighted by molar-refractivity contribution is -0.109. The molecule has 2 fully saturated rings. The molecule has 0 aromatic heterocycles. The van der Waals surface area contributed by atoms with Crippen LogP contribution in [0.5, 0.6) is 0 Å². The van der Waals surface area contributed by atoms with Crippen LogP contribution in [0.3, 0.4) is 0 Å². The predicted molar refractivity (Wildman–Crippen MR) is 48.9 cm³/mol.